The second-order valence-electron chi connectivity index (χ2n) is 7.06. The fourth-order valence-corrected chi connectivity index (χ4v) is 3.37. The van der Waals surface area contributed by atoms with Gasteiger partial charge in [-0.15, -0.1) is 0 Å². The normalized spacial score (nSPS) is 12.0. The fourth-order valence-electron chi connectivity index (χ4n) is 3.37. The van der Waals surface area contributed by atoms with Crippen molar-refractivity contribution in [1.29, 1.82) is 0 Å². The first kappa shape index (κ1) is 19.9. The number of aromatic nitrogens is 1. The molecule has 1 aromatic heterocycles. The standard InChI is InChI=1S/C24H27NO3/c1-2-3-4-5-12-17-20(24(26)27)23-25-21(18-13-8-6-9-14-18)22(28-23)19-15-10-7-11-16-19/h6-11,13-16,20H,2-5,12,17H2,1H3,(H,26,27). The van der Waals surface area contributed by atoms with Crippen LogP contribution >= 0.6 is 0 Å². The van der Waals surface area contributed by atoms with E-state index < -0.39 is 11.9 Å². The van der Waals surface area contributed by atoms with Crippen molar-refractivity contribution < 1.29 is 14.3 Å². The van der Waals surface area contributed by atoms with Crippen molar-refractivity contribution in [2.24, 2.45) is 0 Å². The molecule has 0 aliphatic heterocycles. The number of carboxylic acid groups (broad SMARTS) is 1. The lowest BCUT2D eigenvalue weighted by molar-refractivity contribution is -0.139. The van der Waals surface area contributed by atoms with Crippen molar-refractivity contribution >= 4 is 5.97 Å². The van der Waals surface area contributed by atoms with Crippen molar-refractivity contribution in [3.63, 3.8) is 0 Å². The van der Waals surface area contributed by atoms with Gasteiger partial charge in [-0.25, -0.2) is 4.98 Å². The van der Waals surface area contributed by atoms with Crippen molar-refractivity contribution in [3.05, 3.63) is 66.6 Å². The minimum atomic E-state index is -0.879. The van der Waals surface area contributed by atoms with E-state index in [9.17, 15) is 9.90 Å². The number of aliphatic carboxylic acids is 1. The summed E-state index contributed by atoms with van der Waals surface area (Å²) in [6, 6.07) is 19.5. The van der Waals surface area contributed by atoms with E-state index in [0.717, 1.165) is 30.4 Å². The number of rotatable bonds is 10. The van der Waals surface area contributed by atoms with Crippen LogP contribution in [0.25, 0.3) is 22.6 Å². The molecule has 0 radical (unpaired) electrons. The number of benzene rings is 2. The number of hydrogen-bond acceptors (Lipinski definition) is 3. The third kappa shape index (κ3) is 4.89. The van der Waals surface area contributed by atoms with Gasteiger partial charge < -0.3 is 9.52 Å². The van der Waals surface area contributed by atoms with Gasteiger partial charge in [0.15, 0.2) is 5.76 Å². The van der Waals surface area contributed by atoms with E-state index in [0.29, 0.717) is 23.8 Å². The number of carboxylic acids is 1. The van der Waals surface area contributed by atoms with Gasteiger partial charge in [0.2, 0.25) is 5.89 Å². The van der Waals surface area contributed by atoms with Crippen LogP contribution < -0.4 is 0 Å². The molecular weight excluding hydrogens is 350 g/mol. The van der Waals surface area contributed by atoms with Crippen molar-refractivity contribution in [3.8, 4) is 22.6 Å². The van der Waals surface area contributed by atoms with Gasteiger partial charge >= 0.3 is 5.97 Å². The molecule has 0 saturated heterocycles. The summed E-state index contributed by atoms with van der Waals surface area (Å²) in [7, 11) is 0. The Hall–Kier alpha value is -2.88. The smallest absolute Gasteiger partial charge is 0.315 e. The largest absolute Gasteiger partial charge is 0.481 e. The molecule has 4 heteroatoms. The molecule has 0 amide bonds. The zero-order valence-corrected chi connectivity index (χ0v) is 16.3. The maximum Gasteiger partial charge on any atom is 0.315 e. The molecule has 1 N–H and O–H groups in total. The van der Waals surface area contributed by atoms with Crippen molar-refractivity contribution in [1.82, 2.24) is 4.98 Å². The van der Waals surface area contributed by atoms with Crippen LogP contribution in [0.15, 0.2) is 65.1 Å². The summed E-state index contributed by atoms with van der Waals surface area (Å²) < 4.78 is 6.06. The van der Waals surface area contributed by atoms with Gasteiger partial charge in [0.05, 0.1) is 0 Å². The van der Waals surface area contributed by atoms with E-state index in [1.54, 1.807) is 0 Å². The summed E-state index contributed by atoms with van der Waals surface area (Å²) in [6.45, 7) is 2.17. The maximum absolute atomic E-state index is 11.9. The third-order valence-electron chi connectivity index (χ3n) is 4.92. The highest BCUT2D eigenvalue weighted by atomic mass is 16.4. The second-order valence-corrected chi connectivity index (χ2v) is 7.06. The Morgan fingerprint density at radius 1 is 0.929 bits per heavy atom. The first-order chi connectivity index (χ1) is 13.7. The molecule has 3 rings (SSSR count). The summed E-state index contributed by atoms with van der Waals surface area (Å²) in [4.78, 5) is 16.6. The Morgan fingerprint density at radius 3 is 2.14 bits per heavy atom. The number of hydrogen-bond donors (Lipinski definition) is 1. The molecule has 0 spiro atoms. The highest BCUT2D eigenvalue weighted by molar-refractivity contribution is 5.79. The minimum absolute atomic E-state index is 0.292. The first-order valence-electron chi connectivity index (χ1n) is 10.0. The molecule has 0 fully saturated rings. The predicted octanol–water partition coefficient (Wildman–Crippen LogP) is 6.54. The van der Waals surface area contributed by atoms with E-state index in [1.807, 2.05) is 60.7 Å². The molecule has 28 heavy (non-hydrogen) atoms. The Bertz CT molecular complexity index is 814. The Balaban J connectivity index is 1.92. The number of nitrogens with zero attached hydrogens (tertiary/aromatic N) is 1. The van der Waals surface area contributed by atoms with Crippen LogP contribution in [0.4, 0.5) is 0 Å². The Morgan fingerprint density at radius 2 is 1.54 bits per heavy atom. The van der Waals surface area contributed by atoms with Gasteiger partial charge in [0, 0.05) is 11.1 Å². The van der Waals surface area contributed by atoms with Gasteiger partial charge in [-0.3, -0.25) is 4.79 Å². The van der Waals surface area contributed by atoms with Crippen LogP contribution in [-0.4, -0.2) is 16.1 Å². The first-order valence-corrected chi connectivity index (χ1v) is 10.0. The molecule has 146 valence electrons. The summed E-state index contributed by atoms with van der Waals surface area (Å²) in [6.07, 6.45) is 5.94. The molecule has 1 heterocycles. The van der Waals surface area contributed by atoms with Gasteiger partial charge in [-0.1, -0.05) is 99.7 Å². The van der Waals surface area contributed by atoms with Gasteiger partial charge in [0.25, 0.3) is 0 Å². The van der Waals surface area contributed by atoms with E-state index in [1.165, 1.54) is 12.8 Å². The average Bonchev–Trinajstić information content (AvgIpc) is 3.16. The fraction of sp³-hybridized carbons (Fsp3) is 0.333. The van der Waals surface area contributed by atoms with Crippen LogP contribution in [-0.2, 0) is 4.79 Å². The van der Waals surface area contributed by atoms with Crippen LogP contribution in [0, 0.1) is 0 Å². The molecule has 0 aliphatic rings. The monoisotopic (exact) mass is 377 g/mol. The third-order valence-corrected chi connectivity index (χ3v) is 4.92. The van der Waals surface area contributed by atoms with Gasteiger partial charge in [0.1, 0.15) is 11.6 Å². The highest BCUT2D eigenvalue weighted by Gasteiger charge is 2.27. The number of oxazole rings is 1. The van der Waals surface area contributed by atoms with E-state index in [2.05, 4.69) is 11.9 Å². The maximum atomic E-state index is 11.9. The topological polar surface area (TPSA) is 63.3 Å². The molecule has 4 nitrogen and oxygen atoms in total. The lowest BCUT2D eigenvalue weighted by Crippen LogP contribution is -2.12. The van der Waals surface area contributed by atoms with Crippen molar-refractivity contribution in [2.45, 2.75) is 51.4 Å². The molecule has 1 atom stereocenters. The lowest BCUT2D eigenvalue weighted by atomic mass is 10.0. The molecular formula is C24H27NO3. The molecule has 1 unspecified atom stereocenters. The SMILES string of the molecule is CCCCCCCC(C(=O)O)c1nc(-c2ccccc2)c(-c2ccccc2)o1. The zero-order chi connectivity index (χ0) is 19.8. The number of carbonyl (C=O) groups is 1. The van der Waals surface area contributed by atoms with Crippen LogP contribution in [0.3, 0.4) is 0 Å². The summed E-state index contributed by atoms with van der Waals surface area (Å²) in [5.41, 5.74) is 2.51. The number of unbranched alkanes of at least 4 members (excludes halogenated alkanes) is 4. The van der Waals surface area contributed by atoms with Gasteiger partial charge in [-0.2, -0.15) is 0 Å². The van der Waals surface area contributed by atoms with Crippen molar-refractivity contribution in [2.75, 3.05) is 0 Å². The second kappa shape index (κ2) is 9.88. The molecule has 2 aromatic carbocycles. The summed E-state index contributed by atoms with van der Waals surface area (Å²) in [5, 5.41) is 9.77. The molecule has 3 aromatic rings. The van der Waals surface area contributed by atoms with E-state index in [-0.39, 0.29) is 0 Å². The van der Waals surface area contributed by atoms with Gasteiger partial charge in [-0.05, 0) is 6.42 Å². The molecule has 0 bridgehead atoms. The minimum Gasteiger partial charge on any atom is -0.481 e. The van der Waals surface area contributed by atoms with Crippen LogP contribution in [0.2, 0.25) is 0 Å². The summed E-state index contributed by atoms with van der Waals surface area (Å²) in [5.74, 6) is -0.683. The predicted molar refractivity (Wildman–Crippen MR) is 111 cm³/mol. The van der Waals surface area contributed by atoms with E-state index >= 15 is 0 Å². The average molecular weight is 377 g/mol. The lowest BCUT2D eigenvalue weighted by Gasteiger charge is -2.08. The Kier molecular flexibility index (Phi) is 7.01. The van der Waals surface area contributed by atoms with E-state index in [4.69, 9.17) is 4.42 Å². The molecule has 0 saturated carbocycles. The quantitative estimate of drug-likeness (QED) is 0.408. The summed E-state index contributed by atoms with van der Waals surface area (Å²) >= 11 is 0. The van der Waals surface area contributed by atoms with Crippen LogP contribution in [0.5, 0.6) is 0 Å². The zero-order valence-electron chi connectivity index (χ0n) is 16.3. The van der Waals surface area contributed by atoms with Crippen LogP contribution in [0.1, 0.15) is 57.3 Å². The molecule has 0 aliphatic carbocycles. The Labute approximate surface area is 166 Å². The highest BCUT2D eigenvalue weighted by Crippen LogP contribution is 2.36.